The highest BCUT2D eigenvalue weighted by molar-refractivity contribution is 6.00. The first-order valence-corrected chi connectivity index (χ1v) is 10.1. The molecule has 0 radical (unpaired) electrons. The second-order valence-electron chi connectivity index (χ2n) is 7.76. The molecule has 11 heteroatoms. The van der Waals surface area contributed by atoms with Crippen LogP contribution >= 0.6 is 0 Å². The molecule has 2 aliphatic rings. The average molecular weight is 436 g/mol. The standard InChI is InChI=1S/C21H20N6O5/c22-17-16-18-25-20(24-17)32-5-3-1-2-4-12-6-11(8-27(18)21(31)23-16)7-13-14(12)9-26(19(13)30)10-15(28)29/h1-2,6-7H,3-5,8-10H2,(H,23,31)(H,28,29)(H2,22,24,25)/b2-1+. The molecule has 164 valence electrons. The number of hydrogen-bond acceptors (Lipinski definition) is 7. The molecule has 0 fully saturated rings. The summed E-state index contributed by atoms with van der Waals surface area (Å²) in [5.74, 6) is -1.29. The largest absolute Gasteiger partial charge is 0.480 e. The van der Waals surface area contributed by atoms with Gasteiger partial charge >= 0.3 is 17.7 Å². The van der Waals surface area contributed by atoms with Crippen molar-refractivity contribution in [3.05, 3.63) is 57.0 Å². The van der Waals surface area contributed by atoms with Gasteiger partial charge in [0.25, 0.3) is 5.91 Å². The number of carboxylic acid groups (broad SMARTS) is 1. The van der Waals surface area contributed by atoms with Gasteiger partial charge in [-0.3, -0.25) is 14.2 Å². The molecular formula is C21H20N6O5. The second kappa shape index (κ2) is 7.52. The monoisotopic (exact) mass is 436 g/mol. The number of carboxylic acids is 1. The van der Waals surface area contributed by atoms with E-state index < -0.39 is 11.7 Å². The number of allylic oxidation sites excluding steroid dienone is 1. The normalized spacial score (nSPS) is 16.6. The number of nitrogens with zero attached hydrogens (tertiary/aromatic N) is 4. The number of imidazole rings is 1. The van der Waals surface area contributed by atoms with Crippen LogP contribution in [-0.4, -0.2) is 54.6 Å². The molecule has 11 nitrogen and oxygen atoms in total. The minimum atomic E-state index is -1.07. The number of H-pyrrole nitrogens is 1. The summed E-state index contributed by atoms with van der Waals surface area (Å²) in [5, 5.41) is 9.14. The molecular weight excluding hydrogens is 416 g/mol. The van der Waals surface area contributed by atoms with Gasteiger partial charge in [-0.25, -0.2) is 4.79 Å². The Labute approximate surface area is 181 Å². The van der Waals surface area contributed by atoms with Gasteiger partial charge < -0.3 is 25.5 Å². The number of hydrogen-bond donors (Lipinski definition) is 3. The minimum Gasteiger partial charge on any atom is -0.480 e. The van der Waals surface area contributed by atoms with E-state index in [1.165, 1.54) is 9.47 Å². The van der Waals surface area contributed by atoms with E-state index >= 15 is 0 Å². The van der Waals surface area contributed by atoms with Gasteiger partial charge in [0.1, 0.15) is 12.1 Å². The highest BCUT2D eigenvalue weighted by Crippen LogP contribution is 2.29. The third-order valence-corrected chi connectivity index (χ3v) is 5.59. The highest BCUT2D eigenvalue weighted by Gasteiger charge is 2.31. The molecule has 3 aromatic rings. The second-order valence-corrected chi connectivity index (χ2v) is 7.76. The first-order chi connectivity index (χ1) is 15.4. The van der Waals surface area contributed by atoms with E-state index in [1.54, 1.807) is 6.07 Å². The van der Waals surface area contributed by atoms with Crippen molar-refractivity contribution < 1.29 is 19.4 Å². The topological polar surface area (TPSA) is 156 Å². The van der Waals surface area contributed by atoms with Crippen molar-refractivity contribution in [1.29, 1.82) is 0 Å². The molecule has 32 heavy (non-hydrogen) atoms. The number of benzene rings is 1. The molecule has 0 aliphatic carbocycles. The molecule has 0 unspecified atom stereocenters. The zero-order valence-electron chi connectivity index (χ0n) is 17.0. The number of nitrogens with two attached hydrogens (primary N) is 1. The number of nitrogens with one attached hydrogen (secondary N) is 1. The van der Waals surface area contributed by atoms with Crippen molar-refractivity contribution in [2.75, 3.05) is 18.9 Å². The van der Waals surface area contributed by atoms with Crippen LogP contribution < -0.4 is 16.2 Å². The first kappa shape index (κ1) is 19.8. The van der Waals surface area contributed by atoms with Gasteiger partial charge in [-0.2, -0.15) is 9.97 Å². The molecule has 0 spiro atoms. The lowest BCUT2D eigenvalue weighted by atomic mass is 9.97. The van der Waals surface area contributed by atoms with E-state index in [0.29, 0.717) is 36.2 Å². The number of aromatic nitrogens is 4. The maximum absolute atomic E-state index is 12.9. The molecule has 4 N–H and O–H groups in total. The van der Waals surface area contributed by atoms with Crippen LogP contribution in [0.5, 0.6) is 6.01 Å². The zero-order chi connectivity index (χ0) is 22.4. The number of aliphatic carboxylic acids is 1. The van der Waals surface area contributed by atoms with Crippen LogP contribution in [0.3, 0.4) is 0 Å². The van der Waals surface area contributed by atoms with Gasteiger partial charge in [0, 0.05) is 12.1 Å². The fourth-order valence-corrected chi connectivity index (χ4v) is 4.14. The van der Waals surface area contributed by atoms with Gasteiger partial charge in [-0.05, 0) is 35.6 Å². The van der Waals surface area contributed by atoms with E-state index in [-0.39, 0.29) is 37.4 Å². The van der Waals surface area contributed by atoms with Gasteiger partial charge in [-0.1, -0.05) is 18.2 Å². The summed E-state index contributed by atoms with van der Waals surface area (Å²) in [7, 11) is 0. The van der Waals surface area contributed by atoms with Crippen molar-refractivity contribution in [1.82, 2.24) is 24.4 Å². The van der Waals surface area contributed by atoms with Gasteiger partial charge in [0.05, 0.1) is 13.2 Å². The summed E-state index contributed by atoms with van der Waals surface area (Å²) >= 11 is 0. The van der Waals surface area contributed by atoms with Crippen LogP contribution in [0.15, 0.2) is 29.1 Å². The molecule has 1 amide bonds. The summed E-state index contributed by atoms with van der Waals surface area (Å²) < 4.78 is 7.02. The number of anilines is 1. The van der Waals surface area contributed by atoms with Crippen LogP contribution in [0, 0.1) is 0 Å². The molecule has 0 atom stereocenters. The van der Waals surface area contributed by atoms with Crippen molar-refractivity contribution in [2.24, 2.45) is 0 Å². The summed E-state index contributed by atoms with van der Waals surface area (Å²) in [5.41, 5.74) is 9.12. The first-order valence-electron chi connectivity index (χ1n) is 10.1. The van der Waals surface area contributed by atoms with Crippen molar-refractivity contribution in [3.63, 3.8) is 0 Å². The van der Waals surface area contributed by atoms with E-state index in [4.69, 9.17) is 15.6 Å². The summed E-state index contributed by atoms with van der Waals surface area (Å²) in [4.78, 5) is 49.1. The molecule has 4 heterocycles. The third kappa shape index (κ3) is 3.37. The maximum Gasteiger partial charge on any atom is 0.328 e. The molecule has 1 aromatic carbocycles. The number of aromatic amines is 1. The lowest BCUT2D eigenvalue weighted by Gasteiger charge is -2.12. The van der Waals surface area contributed by atoms with Crippen LogP contribution in [0.1, 0.15) is 33.5 Å². The number of nitrogen functional groups attached to an aromatic ring is 1. The number of carbonyl (C=O) groups excluding carboxylic acids is 1. The number of carbonyl (C=O) groups is 2. The lowest BCUT2D eigenvalue weighted by Crippen LogP contribution is -2.29. The molecule has 4 bridgehead atoms. The van der Waals surface area contributed by atoms with Crippen LogP contribution in [0.2, 0.25) is 0 Å². The predicted octanol–water partition coefficient (Wildman–Crippen LogP) is 0.672. The Balaban J connectivity index is 1.65. The Morgan fingerprint density at radius 1 is 1.22 bits per heavy atom. The van der Waals surface area contributed by atoms with Crippen LogP contribution in [0.4, 0.5) is 5.82 Å². The Bertz CT molecular complexity index is 1350. The fraction of sp³-hybridized carbons (Fsp3) is 0.286. The molecule has 0 saturated heterocycles. The van der Waals surface area contributed by atoms with Crippen molar-refractivity contribution in [2.45, 2.75) is 25.9 Å². The maximum atomic E-state index is 12.9. The Kier molecular flexibility index (Phi) is 4.65. The summed E-state index contributed by atoms with van der Waals surface area (Å²) in [6, 6.07) is 3.74. The van der Waals surface area contributed by atoms with E-state index in [2.05, 4.69) is 15.0 Å². The Morgan fingerprint density at radius 3 is 2.88 bits per heavy atom. The van der Waals surface area contributed by atoms with Gasteiger partial charge in [-0.15, -0.1) is 0 Å². The molecule has 2 aromatic heterocycles. The minimum absolute atomic E-state index is 0.0855. The Hall–Kier alpha value is -4.15. The summed E-state index contributed by atoms with van der Waals surface area (Å²) in [6.45, 7) is 0.355. The number of amides is 1. The number of ether oxygens (including phenoxy) is 1. The van der Waals surface area contributed by atoms with Crippen molar-refractivity contribution >= 4 is 28.9 Å². The zero-order valence-corrected chi connectivity index (χ0v) is 17.0. The quantitative estimate of drug-likeness (QED) is 0.495. The highest BCUT2D eigenvalue weighted by atomic mass is 16.5. The summed E-state index contributed by atoms with van der Waals surface area (Å²) in [6.07, 6.45) is 5.11. The van der Waals surface area contributed by atoms with E-state index in [1.807, 2.05) is 18.2 Å². The number of rotatable bonds is 2. The van der Waals surface area contributed by atoms with Gasteiger partial charge in [0.15, 0.2) is 11.5 Å². The predicted molar refractivity (Wildman–Crippen MR) is 113 cm³/mol. The van der Waals surface area contributed by atoms with Crippen LogP contribution in [0.25, 0.3) is 11.2 Å². The molecule has 0 saturated carbocycles. The van der Waals surface area contributed by atoms with Crippen molar-refractivity contribution in [3.8, 4) is 6.01 Å². The van der Waals surface area contributed by atoms with Crippen LogP contribution in [-0.2, 0) is 24.3 Å². The SMILES string of the molecule is Nc1nc2nc3c1[nH]c(=O)n3Cc1cc(c3c(c1)C(=O)N(CC(=O)O)C3)C/C=C/CCO2. The third-order valence-electron chi connectivity index (χ3n) is 5.59. The molecule has 5 rings (SSSR count). The van der Waals surface area contributed by atoms with E-state index in [0.717, 1.165) is 16.7 Å². The smallest absolute Gasteiger partial charge is 0.328 e. The van der Waals surface area contributed by atoms with Gasteiger partial charge in [0.2, 0.25) is 0 Å². The van der Waals surface area contributed by atoms with E-state index in [9.17, 15) is 14.4 Å². The molecule has 2 aliphatic heterocycles. The Morgan fingerprint density at radius 2 is 2.06 bits per heavy atom. The fourth-order valence-electron chi connectivity index (χ4n) is 4.14. The number of fused-ring (bicyclic) bond motifs is 5. The lowest BCUT2D eigenvalue weighted by molar-refractivity contribution is -0.137. The average Bonchev–Trinajstić information content (AvgIpc) is 3.22.